The molecule has 0 fully saturated rings. The molecule has 1 heterocycles. The molecule has 2 rings (SSSR count). The fourth-order valence-corrected chi connectivity index (χ4v) is 2.33. The van der Waals surface area contributed by atoms with Gasteiger partial charge < -0.3 is 10.4 Å². The Hall–Kier alpha value is -1.82. The highest BCUT2D eigenvalue weighted by molar-refractivity contribution is 6.38. The van der Waals surface area contributed by atoms with Crippen LogP contribution < -0.4 is 5.32 Å². The van der Waals surface area contributed by atoms with Crippen LogP contribution in [-0.4, -0.2) is 22.0 Å². The number of carbonyl (C=O) groups is 2. The number of amides is 1. The van der Waals surface area contributed by atoms with Gasteiger partial charge in [0.15, 0.2) is 0 Å². The van der Waals surface area contributed by atoms with Crippen LogP contribution in [0.25, 0.3) is 0 Å². The first-order valence-electron chi connectivity index (χ1n) is 5.53. The molecular weight excluding hydrogens is 339 g/mol. The Kier molecular flexibility index (Phi) is 4.67. The Labute approximate surface area is 134 Å². The summed E-state index contributed by atoms with van der Waals surface area (Å²) in [5.41, 5.74) is -0.180. The van der Waals surface area contributed by atoms with Crippen LogP contribution in [-0.2, 0) is 0 Å². The molecule has 0 aliphatic rings. The van der Waals surface area contributed by atoms with Gasteiger partial charge >= 0.3 is 5.97 Å². The van der Waals surface area contributed by atoms with E-state index in [1.807, 2.05) is 0 Å². The first-order chi connectivity index (χ1) is 9.90. The van der Waals surface area contributed by atoms with Gasteiger partial charge in [0.25, 0.3) is 5.91 Å². The van der Waals surface area contributed by atoms with Crippen LogP contribution in [0.1, 0.15) is 20.7 Å². The zero-order valence-corrected chi connectivity index (χ0v) is 12.5. The number of carboxylic acid groups (broad SMARTS) is 1. The van der Waals surface area contributed by atoms with Gasteiger partial charge in [0.1, 0.15) is 0 Å². The lowest BCUT2D eigenvalue weighted by molar-refractivity contribution is 0.0698. The predicted octanol–water partition coefficient (Wildman–Crippen LogP) is 3.99. The number of nitrogens with zero attached hydrogens (tertiary/aromatic N) is 1. The number of hydrogen-bond donors (Lipinski definition) is 2. The van der Waals surface area contributed by atoms with E-state index in [1.54, 1.807) is 0 Å². The third kappa shape index (κ3) is 3.44. The number of nitrogens with one attached hydrogen (secondary N) is 1. The van der Waals surface area contributed by atoms with E-state index < -0.39 is 11.9 Å². The smallest absolute Gasteiger partial charge is 0.337 e. The highest BCUT2D eigenvalue weighted by atomic mass is 35.5. The zero-order chi connectivity index (χ0) is 15.6. The third-order valence-electron chi connectivity index (χ3n) is 2.54. The summed E-state index contributed by atoms with van der Waals surface area (Å²) in [5.74, 6) is -1.90. The summed E-state index contributed by atoms with van der Waals surface area (Å²) in [7, 11) is 0. The van der Waals surface area contributed by atoms with Crippen LogP contribution in [0.4, 0.5) is 5.69 Å². The monoisotopic (exact) mass is 344 g/mol. The summed E-state index contributed by atoms with van der Waals surface area (Å²) >= 11 is 17.6. The van der Waals surface area contributed by atoms with E-state index in [0.29, 0.717) is 0 Å². The Bertz CT molecular complexity index is 735. The molecule has 1 aromatic heterocycles. The standard InChI is InChI=1S/C13H7Cl3N2O3/c14-6-3-7(13(20)21)11(10(16)4-6)18-12(19)8-5-17-2-1-9(8)15/h1-5H,(H,18,19)(H,20,21). The van der Waals surface area contributed by atoms with E-state index in [9.17, 15) is 9.59 Å². The van der Waals surface area contributed by atoms with Gasteiger partial charge in [-0.05, 0) is 18.2 Å². The number of aromatic carboxylic acids is 1. The van der Waals surface area contributed by atoms with Gasteiger partial charge in [-0.2, -0.15) is 0 Å². The topological polar surface area (TPSA) is 79.3 Å². The highest BCUT2D eigenvalue weighted by Gasteiger charge is 2.19. The minimum Gasteiger partial charge on any atom is -0.478 e. The fourth-order valence-electron chi connectivity index (χ4n) is 1.59. The molecule has 0 saturated carbocycles. The molecule has 2 N–H and O–H groups in total. The molecule has 0 aliphatic carbocycles. The number of pyridine rings is 1. The number of aromatic nitrogens is 1. The van der Waals surface area contributed by atoms with Crippen LogP contribution >= 0.6 is 34.8 Å². The van der Waals surface area contributed by atoms with Crippen LogP contribution in [0.5, 0.6) is 0 Å². The molecule has 0 atom stereocenters. The van der Waals surface area contributed by atoms with Crippen molar-refractivity contribution >= 4 is 52.4 Å². The molecule has 1 amide bonds. The van der Waals surface area contributed by atoms with Crippen LogP contribution in [0, 0.1) is 0 Å². The molecular formula is C13H7Cl3N2O3. The van der Waals surface area contributed by atoms with Gasteiger partial charge in [-0.25, -0.2) is 4.79 Å². The second-order valence-electron chi connectivity index (χ2n) is 3.92. The largest absolute Gasteiger partial charge is 0.478 e. The molecule has 2 aromatic rings. The average molecular weight is 346 g/mol. The van der Waals surface area contributed by atoms with Gasteiger partial charge in [-0.15, -0.1) is 0 Å². The Morgan fingerprint density at radius 3 is 2.43 bits per heavy atom. The molecule has 0 spiro atoms. The second-order valence-corrected chi connectivity index (χ2v) is 5.18. The van der Waals surface area contributed by atoms with E-state index in [4.69, 9.17) is 39.9 Å². The minimum absolute atomic E-state index is 0.00765. The molecule has 21 heavy (non-hydrogen) atoms. The van der Waals surface area contributed by atoms with Crippen molar-refractivity contribution in [3.05, 3.63) is 56.8 Å². The lowest BCUT2D eigenvalue weighted by atomic mass is 10.1. The van der Waals surface area contributed by atoms with Gasteiger partial charge in [0.2, 0.25) is 0 Å². The Morgan fingerprint density at radius 1 is 1.10 bits per heavy atom. The van der Waals surface area contributed by atoms with Crippen molar-refractivity contribution in [2.24, 2.45) is 0 Å². The molecule has 108 valence electrons. The summed E-state index contributed by atoms with van der Waals surface area (Å²) in [6, 6.07) is 3.96. The van der Waals surface area contributed by atoms with Crippen LogP contribution in [0.3, 0.4) is 0 Å². The summed E-state index contributed by atoms with van der Waals surface area (Å²) in [5, 5.41) is 11.9. The normalized spacial score (nSPS) is 10.2. The molecule has 0 aliphatic heterocycles. The van der Waals surface area contributed by atoms with Gasteiger partial charge in [0, 0.05) is 17.4 Å². The number of hydrogen-bond acceptors (Lipinski definition) is 3. The maximum absolute atomic E-state index is 12.1. The van der Waals surface area contributed by atoms with E-state index in [2.05, 4.69) is 10.3 Å². The van der Waals surface area contributed by atoms with Crippen molar-refractivity contribution in [2.75, 3.05) is 5.32 Å². The SMILES string of the molecule is O=C(Nc1c(Cl)cc(Cl)cc1C(=O)O)c1cnccc1Cl. The quantitative estimate of drug-likeness (QED) is 0.881. The first-order valence-corrected chi connectivity index (χ1v) is 6.66. The van der Waals surface area contributed by atoms with Crippen molar-refractivity contribution in [1.82, 2.24) is 4.98 Å². The lowest BCUT2D eigenvalue weighted by Crippen LogP contribution is -2.16. The van der Waals surface area contributed by atoms with E-state index in [1.165, 1.54) is 30.6 Å². The second kappa shape index (κ2) is 6.30. The first kappa shape index (κ1) is 15.6. The van der Waals surface area contributed by atoms with Crippen LogP contribution in [0.15, 0.2) is 30.6 Å². The molecule has 0 bridgehead atoms. The number of carboxylic acids is 1. The number of rotatable bonds is 3. The summed E-state index contributed by atoms with van der Waals surface area (Å²) in [6.45, 7) is 0. The Morgan fingerprint density at radius 2 is 1.81 bits per heavy atom. The van der Waals surface area contributed by atoms with E-state index in [-0.39, 0.29) is 31.9 Å². The van der Waals surface area contributed by atoms with Gasteiger partial charge in [0.05, 0.1) is 26.9 Å². The average Bonchev–Trinajstić information content (AvgIpc) is 2.41. The van der Waals surface area contributed by atoms with Crippen molar-refractivity contribution in [2.45, 2.75) is 0 Å². The zero-order valence-electron chi connectivity index (χ0n) is 10.2. The fraction of sp³-hybridized carbons (Fsp3) is 0. The number of anilines is 1. The Balaban J connectivity index is 2.42. The lowest BCUT2D eigenvalue weighted by Gasteiger charge is -2.11. The summed E-state index contributed by atoms with van der Waals surface area (Å²) in [6.07, 6.45) is 2.69. The van der Waals surface area contributed by atoms with Crippen molar-refractivity contribution < 1.29 is 14.7 Å². The number of benzene rings is 1. The molecule has 8 heteroatoms. The van der Waals surface area contributed by atoms with Gasteiger partial charge in [-0.3, -0.25) is 9.78 Å². The predicted molar refractivity (Wildman–Crippen MR) is 80.6 cm³/mol. The molecule has 0 radical (unpaired) electrons. The minimum atomic E-state index is -1.27. The van der Waals surface area contributed by atoms with E-state index in [0.717, 1.165) is 0 Å². The van der Waals surface area contributed by atoms with Gasteiger partial charge in [-0.1, -0.05) is 34.8 Å². The van der Waals surface area contributed by atoms with E-state index >= 15 is 0 Å². The molecule has 0 saturated heterocycles. The highest BCUT2D eigenvalue weighted by Crippen LogP contribution is 2.31. The van der Waals surface area contributed by atoms with Crippen LogP contribution in [0.2, 0.25) is 15.1 Å². The summed E-state index contributed by atoms with van der Waals surface area (Å²) in [4.78, 5) is 27.1. The third-order valence-corrected chi connectivity index (χ3v) is 3.38. The van der Waals surface area contributed by atoms with Crippen molar-refractivity contribution in [1.29, 1.82) is 0 Å². The summed E-state index contributed by atoms with van der Waals surface area (Å²) < 4.78 is 0. The molecule has 1 aromatic carbocycles. The van der Waals surface area contributed by atoms with Crippen molar-refractivity contribution in [3.8, 4) is 0 Å². The maximum Gasteiger partial charge on any atom is 0.337 e. The maximum atomic E-state index is 12.1. The number of carbonyl (C=O) groups excluding carboxylic acids is 1. The van der Waals surface area contributed by atoms with Crippen molar-refractivity contribution in [3.63, 3.8) is 0 Å². The molecule has 5 nitrogen and oxygen atoms in total. The molecule has 0 unspecified atom stereocenters. The number of halogens is 3.